The summed E-state index contributed by atoms with van der Waals surface area (Å²) in [5.41, 5.74) is 0.173. The average Bonchev–Trinajstić information content (AvgIpc) is 3.35. The van der Waals surface area contributed by atoms with E-state index in [0.717, 1.165) is 15.9 Å². The number of ether oxygens (including phenoxy) is 1. The van der Waals surface area contributed by atoms with Gasteiger partial charge < -0.3 is 14.9 Å². The number of nitro benzene ring substituents is 1. The minimum absolute atomic E-state index is 0.0160. The number of esters is 1. The van der Waals surface area contributed by atoms with Crippen molar-refractivity contribution >= 4 is 28.8 Å². The molecule has 0 amide bonds. The summed E-state index contributed by atoms with van der Waals surface area (Å²) in [4.78, 5) is 40.7. The molecular weight excluding hydrogens is 462 g/mol. The largest absolute Gasteiger partial charge is 0.503 e. The van der Waals surface area contributed by atoms with E-state index in [-0.39, 0.29) is 38.1 Å². The van der Waals surface area contributed by atoms with Crippen molar-refractivity contribution < 1.29 is 29.5 Å². The van der Waals surface area contributed by atoms with E-state index in [1.807, 2.05) is 0 Å². The molecule has 0 radical (unpaired) electrons. The van der Waals surface area contributed by atoms with Crippen LogP contribution in [-0.2, 0) is 4.74 Å². The van der Waals surface area contributed by atoms with Gasteiger partial charge in [0.25, 0.3) is 5.69 Å². The van der Waals surface area contributed by atoms with Crippen molar-refractivity contribution in [3.05, 3.63) is 86.4 Å². The Hall–Kier alpha value is -4.51. The zero-order valence-corrected chi connectivity index (χ0v) is 18.7. The van der Waals surface area contributed by atoms with E-state index in [4.69, 9.17) is 4.74 Å². The summed E-state index contributed by atoms with van der Waals surface area (Å²) in [7, 11) is 1.21. The number of hydrogen-bond donors (Lipinski definition) is 2. The fraction of sp³-hybridized carbons (Fsp3) is 0.0870. The molecule has 34 heavy (non-hydrogen) atoms. The van der Waals surface area contributed by atoms with Gasteiger partial charge in [-0.25, -0.2) is 9.78 Å². The molecule has 0 spiro atoms. The predicted octanol–water partition coefficient (Wildman–Crippen LogP) is 4.25. The summed E-state index contributed by atoms with van der Waals surface area (Å²) >= 11 is 0.869. The molecule has 4 aromatic rings. The Bertz CT molecular complexity index is 1440. The van der Waals surface area contributed by atoms with Gasteiger partial charge in [-0.1, -0.05) is 53.8 Å². The molecule has 4 rings (SSSR count). The molecule has 2 aromatic carbocycles. The van der Waals surface area contributed by atoms with Crippen LogP contribution >= 0.6 is 11.3 Å². The van der Waals surface area contributed by atoms with Gasteiger partial charge in [0.05, 0.1) is 29.0 Å². The summed E-state index contributed by atoms with van der Waals surface area (Å²) in [6.45, 7) is 1.57. The van der Waals surface area contributed by atoms with E-state index in [2.05, 4.69) is 4.98 Å². The number of aromatic hydroxyl groups is 2. The third-order valence-corrected chi connectivity index (χ3v) is 6.18. The molecule has 0 saturated heterocycles. The summed E-state index contributed by atoms with van der Waals surface area (Å²) in [5.74, 6) is -2.68. The van der Waals surface area contributed by atoms with Crippen molar-refractivity contribution in [1.29, 1.82) is 0 Å². The van der Waals surface area contributed by atoms with Crippen LogP contribution < -0.4 is 0 Å². The summed E-state index contributed by atoms with van der Waals surface area (Å²) in [6.07, 6.45) is 0. The first kappa shape index (κ1) is 22.7. The minimum atomic E-state index is -0.720. The zero-order chi connectivity index (χ0) is 24.6. The van der Waals surface area contributed by atoms with Crippen LogP contribution in [0.3, 0.4) is 0 Å². The lowest BCUT2D eigenvalue weighted by molar-refractivity contribution is -0.384. The highest BCUT2D eigenvalue weighted by molar-refractivity contribution is 7.16. The number of thiazole rings is 1. The molecule has 11 heteroatoms. The molecule has 172 valence electrons. The van der Waals surface area contributed by atoms with Crippen LogP contribution in [-0.4, -0.2) is 43.5 Å². The highest BCUT2D eigenvalue weighted by atomic mass is 32.1. The molecule has 2 N–H and O–H groups in total. The van der Waals surface area contributed by atoms with Crippen molar-refractivity contribution in [3.63, 3.8) is 0 Å². The first-order valence-electron chi connectivity index (χ1n) is 9.81. The molecule has 0 atom stereocenters. The molecular formula is C23H17N3O7S. The fourth-order valence-corrected chi connectivity index (χ4v) is 4.48. The van der Waals surface area contributed by atoms with Gasteiger partial charge in [0, 0.05) is 23.3 Å². The second kappa shape index (κ2) is 8.79. The van der Waals surface area contributed by atoms with Gasteiger partial charge in [0.1, 0.15) is 4.88 Å². The number of nitrogens with zero attached hydrogens (tertiary/aromatic N) is 3. The molecule has 2 heterocycles. The van der Waals surface area contributed by atoms with E-state index in [0.29, 0.717) is 5.69 Å². The van der Waals surface area contributed by atoms with Gasteiger partial charge in [-0.15, -0.1) is 0 Å². The van der Waals surface area contributed by atoms with Gasteiger partial charge in [-0.3, -0.25) is 19.5 Å². The Balaban J connectivity index is 2.05. The third-order valence-electron chi connectivity index (χ3n) is 5.06. The molecule has 0 bridgehead atoms. The number of carbonyl (C=O) groups excluding carboxylic acids is 2. The number of aryl methyl sites for hydroxylation is 1. The van der Waals surface area contributed by atoms with E-state index in [1.165, 1.54) is 43.5 Å². The predicted molar refractivity (Wildman–Crippen MR) is 123 cm³/mol. The van der Waals surface area contributed by atoms with Crippen molar-refractivity contribution in [2.24, 2.45) is 0 Å². The second-order valence-electron chi connectivity index (χ2n) is 7.14. The number of non-ortho nitro benzene ring substituents is 1. The third kappa shape index (κ3) is 3.77. The Morgan fingerprint density at radius 3 is 2.47 bits per heavy atom. The van der Waals surface area contributed by atoms with Gasteiger partial charge in [0.2, 0.25) is 5.88 Å². The molecule has 0 unspecified atom stereocenters. The molecule has 0 aliphatic heterocycles. The van der Waals surface area contributed by atoms with Crippen LogP contribution in [0.5, 0.6) is 11.6 Å². The molecule has 0 aliphatic rings. The molecule has 0 fully saturated rings. The Morgan fingerprint density at radius 1 is 1.12 bits per heavy atom. The Morgan fingerprint density at radius 2 is 1.82 bits per heavy atom. The SMILES string of the molecule is COC(=O)c1sc(-n2c(O)c(O)c(C(=O)c3ccccc3)c2-c2cccc([N+](=O)[O-])c2)nc1C. The van der Waals surface area contributed by atoms with Gasteiger partial charge in [-0.2, -0.15) is 0 Å². The quantitative estimate of drug-likeness (QED) is 0.181. The summed E-state index contributed by atoms with van der Waals surface area (Å²) in [6, 6.07) is 13.5. The van der Waals surface area contributed by atoms with Crippen LogP contribution in [0.15, 0.2) is 54.6 Å². The lowest BCUT2D eigenvalue weighted by Crippen LogP contribution is -2.05. The van der Waals surface area contributed by atoms with Crippen molar-refractivity contribution in [1.82, 2.24) is 9.55 Å². The van der Waals surface area contributed by atoms with E-state index in [1.54, 1.807) is 25.1 Å². The molecule has 10 nitrogen and oxygen atoms in total. The highest BCUT2D eigenvalue weighted by Gasteiger charge is 2.32. The number of ketones is 1. The van der Waals surface area contributed by atoms with Crippen LogP contribution in [0, 0.1) is 17.0 Å². The normalized spacial score (nSPS) is 10.8. The van der Waals surface area contributed by atoms with Crippen molar-refractivity contribution in [3.8, 4) is 28.0 Å². The van der Waals surface area contributed by atoms with Crippen LogP contribution in [0.1, 0.15) is 31.3 Å². The summed E-state index contributed by atoms with van der Waals surface area (Å²) < 4.78 is 5.85. The lowest BCUT2D eigenvalue weighted by Gasteiger charge is -2.09. The first-order valence-corrected chi connectivity index (χ1v) is 10.6. The number of aromatic nitrogens is 2. The van der Waals surface area contributed by atoms with E-state index in [9.17, 15) is 29.9 Å². The van der Waals surface area contributed by atoms with Gasteiger partial charge in [-0.05, 0) is 6.92 Å². The highest BCUT2D eigenvalue weighted by Crippen LogP contribution is 2.45. The monoisotopic (exact) mass is 479 g/mol. The van der Waals surface area contributed by atoms with E-state index >= 15 is 0 Å². The number of nitro groups is 1. The fourth-order valence-electron chi connectivity index (χ4n) is 3.48. The van der Waals surface area contributed by atoms with E-state index < -0.39 is 28.3 Å². The smallest absolute Gasteiger partial charge is 0.350 e. The van der Waals surface area contributed by atoms with Crippen molar-refractivity contribution in [2.75, 3.05) is 7.11 Å². The number of hydrogen-bond acceptors (Lipinski definition) is 9. The molecule has 0 aliphatic carbocycles. The average molecular weight is 479 g/mol. The number of rotatable bonds is 6. The van der Waals surface area contributed by atoms with Gasteiger partial charge >= 0.3 is 5.97 Å². The standard InChI is InChI=1S/C23H17N3O7S/c1-12-20(22(30)33-2)34-23(24-12)25-17(14-9-6-10-15(11-14)26(31)32)16(19(28)21(25)29)18(27)13-7-4-3-5-8-13/h3-11,28-29H,1-2H3. The number of methoxy groups -OCH3 is 1. The minimum Gasteiger partial charge on any atom is -0.503 e. The maximum absolute atomic E-state index is 13.4. The lowest BCUT2D eigenvalue weighted by atomic mass is 9.99. The number of carbonyl (C=O) groups is 2. The maximum Gasteiger partial charge on any atom is 0.350 e. The topological polar surface area (TPSA) is 145 Å². The molecule has 0 saturated carbocycles. The second-order valence-corrected chi connectivity index (χ2v) is 8.11. The number of benzene rings is 2. The zero-order valence-electron chi connectivity index (χ0n) is 17.9. The summed E-state index contributed by atoms with van der Waals surface area (Å²) in [5, 5.41) is 33.1. The van der Waals surface area contributed by atoms with Crippen molar-refractivity contribution in [2.45, 2.75) is 6.92 Å². The van der Waals surface area contributed by atoms with Crippen LogP contribution in [0.4, 0.5) is 5.69 Å². The maximum atomic E-state index is 13.4. The Labute approximate surface area is 196 Å². The van der Waals surface area contributed by atoms with Gasteiger partial charge in [0.15, 0.2) is 16.7 Å². The first-order chi connectivity index (χ1) is 16.2. The van der Waals surface area contributed by atoms with Crippen LogP contribution in [0.2, 0.25) is 0 Å². The Kier molecular flexibility index (Phi) is 5.86. The van der Waals surface area contributed by atoms with Crippen LogP contribution in [0.25, 0.3) is 16.4 Å². The molecule has 2 aromatic heterocycles.